The number of ether oxygens (including phenoxy) is 2. The highest BCUT2D eigenvalue weighted by atomic mass is 35.5. The number of nitriles is 1. The van der Waals surface area contributed by atoms with E-state index in [1.807, 2.05) is 24.3 Å². The molecule has 0 spiro atoms. The summed E-state index contributed by atoms with van der Waals surface area (Å²) in [5, 5.41) is 22.5. The van der Waals surface area contributed by atoms with E-state index in [-0.39, 0.29) is 23.8 Å². The van der Waals surface area contributed by atoms with Gasteiger partial charge >= 0.3 is 5.97 Å². The van der Waals surface area contributed by atoms with Crippen molar-refractivity contribution >= 4 is 29.3 Å². The van der Waals surface area contributed by atoms with Crippen LogP contribution in [0.15, 0.2) is 78.9 Å². The molecule has 0 bridgehead atoms. The number of fused-ring (bicyclic) bond motifs is 1. The Morgan fingerprint density at radius 3 is 2.61 bits per heavy atom. The van der Waals surface area contributed by atoms with E-state index >= 15 is 0 Å². The van der Waals surface area contributed by atoms with E-state index in [1.54, 1.807) is 48.5 Å². The number of rotatable bonds is 6. The van der Waals surface area contributed by atoms with Gasteiger partial charge in [-0.2, -0.15) is 5.26 Å². The fraction of sp³-hybridized carbons (Fsp3) is 0.103. The predicted octanol–water partition coefficient (Wildman–Crippen LogP) is 6.27. The second-order valence-corrected chi connectivity index (χ2v) is 8.96. The molecular formula is C29H20ClN3O5. The van der Waals surface area contributed by atoms with Crippen molar-refractivity contribution in [3.05, 3.63) is 101 Å². The van der Waals surface area contributed by atoms with Crippen LogP contribution in [0.25, 0.3) is 11.3 Å². The number of aliphatic carboxylic acids is 1. The summed E-state index contributed by atoms with van der Waals surface area (Å²) in [6.07, 6.45) is 0.331. The Kier molecular flexibility index (Phi) is 6.94. The highest BCUT2D eigenvalue weighted by molar-refractivity contribution is 6.30. The Bertz CT molecular complexity index is 1580. The monoisotopic (exact) mass is 525 g/mol. The van der Waals surface area contributed by atoms with Crippen molar-refractivity contribution in [3.8, 4) is 34.6 Å². The molecular weight excluding hydrogens is 506 g/mol. The van der Waals surface area contributed by atoms with Crippen LogP contribution in [-0.2, 0) is 4.79 Å². The van der Waals surface area contributed by atoms with Crippen LogP contribution in [-0.4, -0.2) is 28.6 Å². The maximum atomic E-state index is 12.8. The first-order chi connectivity index (χ1) is 18.4. The van der Waals surface area contributed by atoms with E-state index in [0.717, 1.165) is 5.56 Å². The van der Waals surface area contributed by atoms with Gasteiger partial charge in [0, 0.05) is 27.8 Å². The van der Waals surface area contributed by atoms with Crippen LogP contribution < -0.4 is 14.8 Å². The van der Waals surface area contributed by atoms with Crippen LogP contribution in [0, 0.1) is 11.3 Å². The smallest absolute Gasteiger partial charge is 0.311 e. The highest BCUT2D eigenvalue weighted by Crippen LogP contribution is 2.39. The van der Waals surface area contributed by atoms with Gasteiger partial charge in [-0.15, -0.1) is 0 Å². The lowest BCUT2D eigenvalue weighted by Crippen LogP contribution is -2.21. The van der Waals surface area contributed by atoms with E-state index in [0.29, 0.717) is 45.6 Å². The van der Waals surface area contributed by atoms with Crippen LogP contribution in [0.4, 0.5) is 5.82 Å². The third-order valence-corrected chi connectivity index (χ3v) is 6.26. The second kappa shape index (κ2) is 10.6. The molecule has 1 atom stereocenters. The van der Waals surface area contributed by atoms with Gasteiger partial charge in [-0.25, -0.2) is 4.98 Å². The summed E-state index contributed by atoms with van der Waals surface area (Å²) < 4.78 is 11.5. The summed E-state index contributed by atoms with van der Waals surface area (Å²) in [7, 11) is 0. The van der Waals surface area contributed by atoms with Crippen LogP contribution in [0.2, 0.25) is 5.02 Å². The Morgan fingerprint density at radius 1 is 1.08 bits per heavy atom. The van der Waals surface area contributed by atoms with Gasteiger partial charge in [0.05, 0.1) is 23.8 Å². The summed E-state index contributed by atoms with van der Waals surface area (Å²) in [4.78, 5) is 28.9. The largest absolute Gasteiger partial charge is 0.493 e. The molecule has 5 rings (SSSR count). The summed E-state index contributed by atoms with van der Waals surface area (Å²) in [6.45, 7) is 0.260. The summed E-state index contributed by atoms with van der Waals surface area (Å²) in [5.74, 6) is -0.667. The van der Waals surface area contributed by atoms with Crippen molar-refractivity contribution in [3.63, 3.8) is 0 Å². The number of hydrogen-bond donors (Lipinski definition) is 2. The number of nitrogens with one attached hydrogen (secondary N) is 1. The molecule has 188 valence electrons. The van der Waals surface area contributed by atoms with Crippen molar-refractivity contribution < 1.29 is 24.2 Å². The van der Waals surface area contributed by atoms with Gasteiger partial charge in [0.15, 0.2) is 0 Å². The van der Waals surface area contributed by atoms with Crippen molar-refractivity contribution in [2.75, 3.05) is 11.9 Å². The average molecular weight is 526 g/mol. The van der Waals surface area contributed by atoms with Crippen molar-refractivity contribution in [1.29, 1.82) is 5.26 Å². The van der Waals surface area contributed by atoms with E-state index in [4.69, 9.17) is 21.1 Å². The Morgan fingerprint density at radius 2 is 1.87 bits per heavy atom. The molecule has 2 N–H and O–H groups in total. The maximum Gasteiger partial charge on any atom is 0.311 e. The quantitative estimate of drug-likeness (QED) is 0.304. The summed E-state index contributed by atoms with van der Waals surface area (Å²) >= 11 is 6.08. The molecule has 8 nitrogen and oxygen atoms in total. The topological polar surface area (TPSA) is 122 Å². The first kappa shape index (κ1) is 24.8. The van der Waals surface area contributed by atoms with Crippen LogP contribution >= 0.6 is 11.6 Å². The van der Waals surface area contributed by atoms with Gasteiger partial charge < -0.3 is 19.9 Å². The molecule has 9 heteroatoms. The van der Waals surface area contributed by atoms with E-state index in [9.17, 15) is 20.0 Å². The second-order valence-electron chi connectivity index (χ2n) is 8.52. The number of carboxylic acid groups (broad SMARTS) is 1. The number of carbonyl (C=O) groups is 2. The zero-order valence-corrected chi connectivity index (χ0v) is 20.6. The normalized spacial score (nSPS) is 13.9. The molecule has 3 aromatic carbocycles. The van der Waals surface area contributed by atoms with Crippen molar-refractivity contribution in [2.24, 2.45) is 0 Å². The lowest BCUT2D eigenvalue weighted by Gasteiger charge is -2.24. The zero-order valence-electron chi connectivity index (χ0n) is 19.8. The minimum atomic E-state index is -0.965. The van der Waals surface area contributed by atoms with Gasteiger partial charge in [-0.05, 0) is 61.0 Å². The number of nitrogens with zero attached hydrogens (tertiary/aromatic N) is 2. The molecule has 4 aromatic rings. The number of hydrogen-bond acceptors (Lipinski definition) is 6. The third kappa shape index (κ3) is 5.28. The molecule has 1 amide bonds. The number of aromatic nitrogens is 1. The molecule has 0 aliphatic carbocycles. The molecule has 0 saturated carbocycles. The van der Waals surface area contributed by atoms with Crippen LogP contribution in [0.1, 0.15) is 33.8 Å². The van der Waals surface area contributed by atoms with Crippen LogP contribution in [0.3, 0.4) is 0 Å². The van der Waals surface area contributed by atoms with Crippen molar-refractivity contribution in [1.82, 2.24) is 4.98 Å². The average Bonchev–Trinajstić information content (AvgIpc) is 2.92. The predicted molar refractivity (Wildman–Crippen MR) is 141 cm³/mol. The molecule has 2 heterocycles. The van der Waals surface area contributed by atoms with Gasteiger partial charge in [-0.1, -0.05) is 29.8 Å². The number of pyridine rings is 1. The molecule has 1 unspecified atom stereocenters. The molecule has 0 radical (unpaired) electrons. The first-order valence-corrected chi connectivity index (χ1v) is 12.0. The van der Waals surface area contributed by atoms with E-state index < -0.39 is 11.9 Å². The van der Waals surface area contributed by atoms with E-state index in [2.05, 4.69) is 10.3 Å². The number of halogens is 1. The minimum absolute atomic E-state index is 0.188. The van der Waals surface area contributed by atoms with Gasteiger partial charge in [0.2, 0.25) is 0 Å². The fourth-order valence-electron chi connectivity index (χ4n) is 4.15. The van der Waals surface area contributed by atoms with Crippen molar-refractivity contribution in [2.45, 2.75) is 12.3 Å². The number of amides is 1. The van der Waals surface area contributed by atoms with Gasteiger partial charge in [-0.3, -0.25) is 9.59 Å². The third-order valence-electron chi connectivity index (χ3n) is 6.03. The molecule has 0 fully saturated rings. The number of carboxylic acids is 1. The van der Waals surface area contributed by atoms with E-state index in [1.165, 1.54) is 12.1 Å². The van der Waals surface area contributed by atoms with Crippen LogP contribution in [0.5, 0.6) is 17.2 Å². The Balaban J connectivity index is 1.31. The number of anilines is 1. The molecule has 1 aromatic heterocycles. The van der Waals surface area contributed by atoms with Gasteiger partial charge in [0.1, 0.15) is 29.1 Å². The fourth-order valence-corrected chi connectivity index (χ4v) is 4.34. The first-order valence-electron chi connectivity index (χ1n) is 11.7. The molecule has 1 aliphatic rings. The lowest BCUT2D eigenvalue weighted by atomic mass is 9.91. The molecule has 1 aliphatic heterocycles. The maximum absolute atomic E-state index is 12.8. The van der Waals surface area contributed by atoms with Gasteiger partial charge in [0.25, 0.3) is 5.91 Å². The number of carbonyl (C=O) groups excluding carboxylic acids is 1. The SMILES string of the molecule is N#Cc1cc2c(cc1Oc1ccc(C(=O)Nc3cccc(-c4cccc(Cl)c4)n3)cc1)OCCC2C(=O)O. The summed E-state index contributed by atoms with van der Waals surface area (Å²) in [5.41, 5.74) is 2.52. The summed E-state index contributed by atoms with van der Waals surface area (Å²) in [6, 6.07) is 24.1. The molecule has 0 saturated heterocycles. The Labute approximate surface area is 223 Å². The molecule has 38 heavy (non-hydrogen) atoms. The zero-order chi connectivity index (χ0) is 26.6. The Hall–Kier alpha value is -4.87. The minimum Gasteiger partial charge on any atom is -0.493 e. The highest BCUT2D eigenvalue weighted by Gasteiger charge is 2.29. The standard InChI is InChI=1S/C29H20ClN3O5/c30-20-4-1-3-18(13-20)24-5-2-6-27(32-24)33-28(34)17-7-9-21(10-8-17)38-25-15-26-23(14-19(25)16-31)22(29(35)36)11-12-37-26/h1-10,13-15,22H,11-12H2,(H,35,36)(H,32,33,34). The lowest BCUT2D eigenvalue weighted by molar-refractivity contribution is -0.139. The number of benzene rings is 3.